The highest BCUT2D eigenvalue weighted by Gasteiger charge is 2.61. The molecule has 1 saturated heterocycles. The summed E-state index contributed by atoms with van der Waals surface area (Å²) in [6.07, 6.45) is -0.792. The molecule has 0 amide bonds. The van der Waals surface area contributed by atoms with Gasteiger partial charge in [-0.3, -0.25) is 0 Å². The molecule has 2 aromatic rings. The quantitative estimate of drug-likeness (QED) is 0.583. The molecule has 2 aliphatic rings. The van der Waals surface area contributed by atoms with Crippen LogP contribution >= 0.6 is 11.6 Å². The Balaban J connectivity index is 1.85. The number of hydrogen-bond donors (Lipinski definition) is 1. The number of fused-ring (bicyclic) bond motifs is 3. The van der Waals surface area contributed by atoms with Crippen molar-refractivity contribution in [3.05, 3.63) is 58.6 Å². The molecule has 2 heterocycles. The maximum absolute atomic E-state index is 15.3. The molecule has 1 fully saturated rings. The number of sulfone groups is 1. The molecule has 4 rings (SSSR count). The Morgan fingerprint density at radius 2 is 1.76 bits per heavy atom. The van der Waals surface area contributed by atoms with Crippen LogP contribution in [0.1, 0.15) is 25.3 Å². The third-order valence-corrected chi connectivity index (χ3v) is 10.7. The highest BCUT2D eigenvalue weighted by atomic mass is 35.5. The maximum Gasteiger partial charge on any atom is 0.211 e. The highest BCUT2D eigenvalue weighted by molar-refractivity contribution is 7.92. The first kappa shape index (κ1) is 25.3. The lowest BCUT2D eigenvalue weighted by molar-refractivity contribution is -0.0749. The van der Waals surface area contributed by atoms with E-state index in [0.717, 1.165) is 12.1 Å². The van der Waals surface area contributed by atoms with Crippen molar-refractivity contribution in [3.63, 3.8) is 0 Å². The Bertz CT molecular complexity index is 1290. The van der Waals surface area contributed by atoms with E-state index < -0.39 is 54.0 Å². The molecule has 12 heteroatoms. The van der Waals surface area contributed by atoms with Gasteiger partial charge in [-0.05, 0) is 56.2 Å². The standard InChI is InChI=1S/C22H24ClF2NO6S2/c1-2-33(27,28)26-11-9-19-16-13-32-21-18(25)8-7-17(24)20(21)22(16,10-12-31-19)34(29,30)15-5-3-14(23)4-6-15/h3-8,16,19,26H,2,9-13H2,1H3/t16-,19-,22-/m0/s1. The number of rotatable bonds is 7. The Kier molecular flexibility index (Phi) is 6.96. The van der Waals surface area contributed by atoms with Crippen molar-refractivity contribution in [2.45, 2.75) is 35.5 Å². The molecule has 34 heavy (non-hydrogen) atoms. The van der Waals surface area contributed by atoms with Crippen LogP contribution in [0.4, 0.5) is 8.78 Å². The first-order valence-corrected chi connectivity index (χ1v) is 14.2. The lowest BCUT2D eigenvalue weighted by atomic mass is 9.75. The summed E-state index contributed by atoms with van der Waals surface area (Å²) in [6, 6.07) is 7.27. The molecule has 0 radical (unpaired) electrons. The lowest BCUT2D eigenvalue weighted by Crippen LogP contribution is -2.58. The summed E-state index contributed by atoms with van der Waals surface area (Å²) in [6.45, 7) is 1.19. The minimum atomic E-state index is -4.31. The SMILES string of the molecule is CCS(=O)(=O)NCC[C@@H]1OCC[C@@]2(S(=O)(=O)c3ccc(Cl)cc3)c3c(F)ccc(F)c3OC[C@@H]12. The Morgan fingerprint density at radius 1 is 1.09 bits per heavy atom. The molecule has 7 nitrogen and oxygen atoms in total. The van der Waals surface area contributed by atoms with Gasteiger partial charge in [0, 0.05) is 24.1 Å². The summed E-state index contributed by atoms with van der Waals surface area (Å²) < 4.78 is 93.9. The maximum atomic E-state index is 15.3. The van der Waals surface area contributed by atoms with Crippen LogP contribution in [-0.4, -0.2) is 48.5 Å². The largest absolute Gasteiger partial charge is 0.490 e. The normalized spacial score (nSPS) is 24.7. The van der Waals surface area contributed by atoms with Crippen LogP contribution in [0.25, 0.3) is 0 Å². The number of benzene rings is 2. The summed E-state index contributed by atoms with van der Waals surface area (Å²) >= 11 is 5.94. The van der Waals surface area contributed by atoms with Gasteiger partial charge in [0.15, 0.2) is 21.4 Å². The summed E-state index contributed by atoms with van der Waals surface area (Å²) in [7, 11) is -7.79. The number of nitrogens with one attached hydrogen (secondary N) is 1. The van der Waals surface area contributed by atoms with Gasteiger partial charge < -0.3 is 9.47 Å². The number of halogens is 3. The van der Waals surface area contributed by atoms with Crippen LogP contribution in [0.15, 0.2) is 41.3 Å². The van der Waals surface area contributed by atoms with E-state index in [-0.39, 0.29) is 48.8 Å². The minimum Gasteiger partial charge on any atom is -0.490 e. The Hall–Kier alpha value is -1.79. The average Bonchev–Trinajstić information content (AvgIpc) is 2.81. The van der Waals surface area contributed by atoms with Crippen LogP contribution in [0, 0.1) is 17.6 Å². The molecule has 2 aliphatic heterocycles. The third-order valence-electron chi connectivity index (χ3n) is 6.48. The average molecular weight is 536 g/mol. The highest BCUT2D eigenvalue weighted by Crippen LogP contribution is 2.55. The number of ether oxygens (including phenoxy) is 2. The van der Waals surface area contributed by atoms with Gasteiger partial charge in [-0.15, -0.1) is 0 Å². The van der Waals surface area contributed by atoms with Crippen molar-refractivity contribution >= 4 is 31.5 Å². The molecule has 0 spiro atoms. The second kappa shape index (κ2) is 9.34. The van der Waals surface area contributed by atoms with E-state index in [4.69, 9.17) is 21.1 Å². The van der Waals surface area contributed by atoms with E-state index in [1.54, 1.807) is 0 Å². The van der Waals surface area contributed by atoms with Gasteiger partial charge in [0.25, 0.3) is 0 Å². The third kappa shape index (κ3) is 4.21. The Labute approximate surface area is 202 Å². The molecule has 0 bridgehead atoms. The number of hydrogen-bond acceptors (Lipinski definition) is 6. The fourth-order valence-corrected chi connectivity index (χ4v) is 7.90. The van der Waals surface area contributed by atoms with E-state index in [1.807, 2.05) is 0 Å². The molecular weight excluding hydrogens is 512 g/mol. The fraction of sp³-hybridized carbons (Fsp3) is 0.455. The molecule has 2 aromatic carbocycles. The van der Waals surface area contributed by atoms with Crippen LogP contribution in [0.5, 0.6) is 5.75 Å². The van der Waals surface area contributed by atoms with Crippen molar-refractivity contribution in [1.82, 2.24) is 4.72 Å². The van der Waals surface area contributed by atoms with Gasteiger partial charge in [-0.25, -0.2) is 30.3 Å². The lowest BCUT2D eigenvalue weighted by Gasteiger charge is -2.50. The second-order valence-corrected chi connectivity index (χ2v) is 13.0. The second-order valence-electron chi connectivity index (χ2n) is 8.24. The van der Waals surface area contributed by atoms with Crippen LogP contribution in [0.2, 0.25) is 5.02 Å². The predicted octanol–water partition coefficient (Wildman–Crippen LogP) is 3.41. The van der Waals surface area contributed by atoms with Gasteiger partial charge in [0.05, 0.1) is 28.9 Å². The van der Waals surface area contributed by atoms with Gasteiger partial charge >= 0.3 is 0 Å². The van der Waals surface area contributed by atoms with E-state index >= 15 is 4.39 Å². The van der Waals surface area contributed by atoms with Crippen molar-refractivity contribution in [2.75, 3.05) is 25.5 Å². The predicted molar refractivity (Wildman–Crippen MR) is 122 cm³/mol. The molecule has 186 valence electrons. The van der Waals surface area contributed by atoms with Gasteiger partial charge in [-0.1, -0.05) is 11.6 Å². The van der Waals surface area contributed by atoms with E-state index in [9.17, 15) is 21.2 Å². The molecule has 0 saturated carbocycles. The van der Waals surface area contributed by atoms with Gasteiger partial charge in [0.2, 0.25) is 10.0 Å². The van der Waals surface area contributed by atoms with Crippen molar-refractivity contribution in [2.24, 2.45) is 5.92 Å². The summed E-state index contributed by atoms with van der Waals surface area (Å²) in [4.78, 5) is -0.0919. The minimum absolute atomic E-state index is 0.00704. The van der Waals surface area contributed by atoms with Gasteiger partial charge in [0.1, 0.15) is 10.6 Å². The summed E-state index contributed by atoms with van der Waals surface area (Å²) in [5, 5.41) is 0.325. The Morgan fingerprint density at radius 3 is 2.44 bits per heavy atom. The van der Waals surface area contributed by atoms with Crippen LogP contribution < -0.4 is 9.46 Å². The summed E-state index contributed by atoms with van der Waals surface area (Å²) in [5.41, 5.74) is -0.360. The molecular formula is C22H24ClF2NO6S2. The van der Waals surface area contributed by atoms with E-state index in [1.165, 1.54) is 31.2 Å². The molecule has 0 aromatic heterocycles. The zero-order valence-corrected chi connectivity index (χ0v) is 20.7. The van der Waals surface area contributed by atoms with Crippen molar-refractivity contribution in [3.8, 4) is 5.75 Å². The molecule has 3 atom stereocenters. The first-order chi connectivity index (χ1) is 16.0. The molecule has 1 N–H and O–H groups in total. The fourth-order valence-electron chi connectivity index (χ4n) is 4.79. The smallest absolute Gasteiger partial charge is 0.211 e. The monoisotopic (exact) mass is 535 g/mol. The van der Waals surface area contributed by atoms with Crippen molar-refractivity contribution < 1.29 is 35.1 Å². The topological polar surface area (TPSA) is 98.8 Å². The van der Waals surface area contributed by atoms with E-state index in [2.05, 4.69) is 4.72 Å². The van der Waals surface area contributed by atoms with Crippen LogP contribution in [0.3, 0.4) is 0 Å². The number of sulfonamides is 1. The zero-order chi connectivity index (χ0) is 24.7. The molecule has 0 unspecified atom stereocenters. The first-order valence-electron chi connectivity index (χ1n) is 10.7. The van der Waals surface area contributed by atoms with E-state index in [0.29, 0.717) is 5.02 Å². The zero-order valence-electron chi connectivity index (χ0n) is 18.3. The summed E-state index contributed by atoms with van der Waals surface area (Å²) in [5.74, 6) is -3.22. The van der Waals surface area contributed by atoms with Crippen LogP contribution in [-0.2, 0) is 29.3 Å². The van der Waals surface area contributed by atoms with Gasteiger partial charge in [-0.2, -0.15) is 0 Å². The molecule has 0 aliphatic carbocycles. The van der Waals surface area contributed by atoms with Crippen molar-refractivity contribution in [1.29, 1.82) is 0 Å².